The normalized spacial score (nSPS) is 14.6. The quantitative estimate of drug-likeness (QED) is 0.202. The van der Waals surface area contributed by atoms with Crippen LogP contribution in [0.25, 0.3) is 0 Å². The van der Waals surface area contributed by atoms with Crippen LogP contribution >= 0.6 is 11.8 Å². The Bertz CT molecular complexity index is 1450. The molecule has 0 aliphatic carbocycles. The molecule has 0 amide bonds. The lowest BCUT2D eigenvalue weighted by Gasteiger charge is -2.28. The molecule has 1 N–H and O–H groups in total. The summed E-state index contributed by atoms with van der Waals surface area (Å²) in [5.41, 5.74) is 5.35. The minimum absolute atomic E-state index is 0.190. The molecule has 0 fully saturated rings. The van der Waals surface area contributed by atoms with Gasteiger partial charge in [-0.05, 0) is 54.0 Å². The van der Waals surface area contributed by atoms with Gasteiger partial charge in [0.15, 0.2) is 0 Å². The lowest BCUT2D eigenvalue weighted by atomic mass is 9.95. The number of allylic oxidation sites excluding steroid dienone is 1. The number of carbonyl (C=O) groups excluding carboxylic acids is 1. The largest absolute Gasteiger partial charge is 0.489 e. The summed E-state index contributed by atoms with van der Waals surface area (Å²) in [6, 6.07) is 25.1. The van der Waals surface area contributed by atoms with E-state index in [9.17, 15) is 4.79 Å². The van der Waals surface area contributed by atoms with Crippen LogP contribution in [0.2, 0.25) is 0 Å². The third kappa shape index (κ3) is 5.60. The molecule has 1 unspecified atom stereocenters. The number of aromatic nitrogens is 3. The Labute approximate surface area is 226 Å². The van der Waals surface area contributed by atoms with Crippen molar-refractivity contribution in [2.45, 2.75) is 45.2 Å². The van der Waals surface area contributed by atoms with Crippen LogP contribution < -0.4 is 10.1 Å². The maximum atomic E-state index is 13.5. The number of fused-ring (bicyclic) bond motifs is 1. The number of thioether (sulfide) groups is 1. The zero-order valence-corrected chi connectivity index (χ0v) is 22.5. The summed E-state index contributed by atoms with van der Waals surface area (Å²) in [4.78, 5) is 18.1. The molecule has 3 aromatic carbocycles. The second-order valence-corrected chi connectivity index (χ2v) is 10.2. The Morgan fingerprint density at radius 2 is 1.71 bits per heavy atom. The number of rotatable bonds is 9. The fourth-order valence-corrected chi connectivity index (χ4v) is 4.93. The summed E-state index contributed by atoms with van der Waals surface area (Å²) in [6.45, 7) is 6.68. The van der Waals surface area contributed by atoms with Crippen LogP contribution in [0.5, 0.6) is 5.75 Å². The molecule has 1 aromatic heterocycles. The smallest absolute Gasteiger partial charge is 0.338 e. The lowest BCUT2D eigenvalue weighted by molar-refractivity contribution is -0.140. The average Bonchev–Trinajstić information content (AvgIpc) is 3.33. The van der Waals surface area contributed by atoms with Gasteiger partial charge in [-0.1, -0.05) is 85.4 Å². The standard InChI is InChI=1S/C30H30N4O3S/c1-4-38-30-32-29-31-21(3)26(28(35)37-18-22-11-6-5-7-12-22)27(34(29)33-30)23-14-16-25(17-15-23)36-19-24-13-9-8-10-20(24)2/h5-17,27H,4,18-19H2,1-3H3,(H,31,32,33). The van der Waals surface area contributed by atoms with E-state index in [1.54, 1.807) is 16.4 Å². The van der Waals surface area contributed by atoms with Gasteiger partial charge < -0.3 is 14.8 Å². The first kappa shape index (κ1) is 25.6. The van der Waals surface area contributed by atoms with Crippen molar-refractivity contribution in [1.29, 1.82) is 0 Å². The predicted octanol–water partition coefficient (Wildman–Crippen LogP) is 6.31. The van der Waals surface area contributed by atoms with Crippen molar-refractivity contribution in [1.82, 2.24) is 14.8 Å². The summed E-state index contributed by atoms with van der Waals surface area (Å²) < 4.78 is 13.6. The molecule has 1 atom stereocenters. The van der Waals surface area contributed by atoms with Crippen LogP contribution in [0.3, 0.4) is 0 Å². The summed E-state index contributed by atoms with van der Waals surface area (Å²) >= 11 is 1.55. The second-order valence-electron chi connectivity index (χ2n) is 9.01. The third-order valence-corrected chi connectivity index (χ3v) is 7.11. The van der Waals surface area contributed by atoms with Crippen molar-refractivity contribution >= 4 is 23.7 Å². The molecule has 5 rings (SSSR count). The number of esters is 1. The number of benzene rings is 3. The van der Waals surface area contributed by atoms with E-state index in [4.69, 9.17) is 14.6 Å². The van der Waals surface area contributed by atoms with Gasteiger partial charge in [0.25, 0.3) is 0 Å². The van der Waals surface area contributed by atoms with Gasteiger partial charge >= 0.3 is 5.97 Å². The second kappa shape index (κ2) is 11.6. The molecule has 4 aromatic rings. The van der Waals surface area contributed by atoms with E-state index in [0.29, 0.717) is 29.0 Å². The summed E-state index contributed by atoms with van der Waals surface area (Å²) in [5, 5.41) is 8.63. The highest BCUT2D eigenvalue weighted by Crippen LogP contribution is 2.37. The molecule has 0 bridgehead atoms. The third-order valence-electron chi connectivity index (χ3n) is 6.39. The molecule has 2 heterocycles. The van der Waals surface area contributed by atoms with Crippen molar-refractivity contribution in [2.75, 3.05) is 11.1 Å². The number of hydrogen-bond acceptors (Lipinski definition) is 7. The molecule has 194 valence electrons. The average molecular weight is 527 g/mol. The maximum Gasteiger partial charge on any atom is 0.338 e. The zero-order chi connectivity index (χ0) is 26.5. The van der Waals surface area contributed by atoms with E-state index < -0.39 is 12.0 Å². The van der Waals surface area contributed by atoms with Crippen molar-refractivity contribution in [2.24, 2.45) is 0 Å². The van der Waals surface area contributed by atoms with Crippen LogP contribution in [-0.4, -0.2) is 26.5 Å². The van der Waals surface area contributed by atoms with Crippen molar-refractivity contribution in [3.05, 3.63) is 112 Å². The fraction of sp³-hybridized carbons (Fsp3) is 0.233. The maximum absolute atomic E-state index is 13.5. The molecule has 0 saturated heterocycles. The first-order valence-corrected chi connectivity index (χ1v) is 13.6. The van der Waals surface area contributed by atoms with Gasteiger partial charge in [-0.15, -0.1) is 5.10 Å². The first-order valence-electron chi connectivity index (χ1n) is 12.6. The number of carbonyl (C=O) groups is 1. The number of nitrogens with zero attached hydrogens (tertiary/aromatic N) is 3. The highest BCUT2D eigenvalue weighted by molar-refractivity contribution is 7.99. The Hall–Kier alpha value is -4.04. The Morgan fingerprint density at radius 3 is 2.45 bits per heavy atom. The zero-order valence-electron chi connectivity index (χ0n) is 21.7. The van der Waals surface area contributed by atoms with Crippen LogP contribution in [0.15, 0.2) is 95.3 Å². The molecule has 38 heavy (non-hydrogen) atoms. The van der Waals surface area contributed by atoms with Crippen LogP contribution in [-0.2, 0) is 22.7 Å². The van der Waals surface area contributed by atoms with E-state index in [-0.39, 0.29) is 6.61 Å². The molecular formula is C30H30N4O3S. The Morgan fingerprint density at radius 1 is 0.974 bits per heavy atom. The summed E-state index contributed by atoms with van der Waals surface area (Å²) in [6.07, 6.45) is 0. The number of aryl methyl sites for hydroxylation is 1. The van der Waals surface area contributed by atoms with E-state index >= 15 is 0 Å². The molecule has 1 aliphatic heterocycles. The van der Waals surface area contributed by atoms with E-state index in [0.717, 1.165) is 28.2 Å². The minimum atomic E-state index is -0.487. The molecular weight excluding hydrogens is 496 g/mol. The number of ether oxygens (including phenoxy) is 2. The first-order chi connectivity index (χ1) is 18.5. The topological polar surface area (TPSA) is 78.3 Å². The minimum Gasteiger partial charge on any atom is -0.489 e. The van der Waals surface area contributed by atoms with Crippen LogP contribution in [0.4, 0.5) is 5.95 Å². The molecule has 7 nitrogen and oxygen atoms in total. The van der Waals surface area contributed by atoms with Gasteiger partial charge in [-0.25, -0.2) is 9.48 Å². The molecule has 0 spiro atoms. The molecule has 1 aliphatic rings. The highest BCUT2D eigenvalue weighted by Gasteiger charge is 2.35. The van der Waals surface area contributed by atoms with Gasteiger partial charge in [0, 0.05) is 5.70 Å². The highest BCUT2D eigenvalue weighted by atomic mass is 32.2. The SMILES string of the molecule is CCSc1nc2n(n1)C(c1ccc(OCc3ccccc3C)cc1)C(C(=O)OCc1ccccc1)=C(C)N2. The Balaban J connectivity index is 1.42. The molecule has 8 heteroatoms. The van der Waals surface area contributed by atoms with Crippen molar-refractivity contribution in [3.63, 3.8) is 0 Å². The van der Waals surface area contributed by atoms with Crippen molar-refractivity contribution in [3.8, 4) is 5.75 Å². The lowest BCUT2D eigenvalue weighted by Crippen LogP contribution is -2.29. The van der Waals surface area contributed by atoms with Gasteiger partial charge in [0.05, 0.1) is 5.57 Å². The van der Waals surface area contributed by atoms with Gasteiger partial charge in [0.2, 0.25) is 11.1 Å². The fourth-order valence-electron chi connectivity index (χ4n) is 4.37. The van der Waals surface area contributed by atoms with Crippen LogP contribution in [0.1, 0.15) is 42.1 Å². The van der Waals surface area contributed by atoms with Gasteiger partial charge in [-0.2, -0.15) is 4.98 Å². The van der Waals surface area contributed by atoms with Gasteiger partial charge in [0.1, 0.15) is 25.0 Å². The molecule has 0 radical (unpaired) electrons. The summed E-state index contributed by atoms with van der Waals surface area (Å²) in [5.74, 6) is 1.80. The summed E-state index contributed by atoms with van der Waals surface area (Å²) in [7, 11) is 0. The number of anilines is 1. The van der Waals surface area contributed by atoms with E-state index in [2.05, 4.69) is 36.3 Å². The number of nitrogens with one attached hydrogen (secondary N) is 1. The van der Waals surface area contributed by atoms with Crippen molar-refractivity contribution < 1.29 is 14.3 Å². The van der Waals surface area contributed by atoms with E-state index in [1.807, 2.05) is 73.7 Å². The Kier molecular flexibility index (Phi) is 7.79. The predicted molar refractivity (Wildman–Crippen MR) is 149 cm³/mol. The van der Waals surface area contributed by atoms with Crippen LogP contribution in [0, 0.1) is 6.92 Å². The monoisotopic (exact) mass is 526 g/mol. The van der Waals surface area contributed by atoms with E-state index in [1.165, 1.54) is 5.56 Å². The number of hydrogen-bond donors (Lipinski definition) is 1. The van der Waals surface area contributed by atoms with Gasteiger partial charge in [-0.3, -0.25) is 0 Å². The molecule has 0 saturated carbocycles.